The quantitative estimate of drug-likeness (QED) is 0.486. The van der Waals surface area contributed by atoms with E-state index in [2.05, 4.69) is 10.2 Å². The number of non-ortho nitro benzene ring substituents is 1. The molecule has 24 heavy (non-hydrogen) atoms. The van der Waals surface area contributed by atoms with E-state index in [1.54, 1.807) is 12.1 Å². The number of amidine groups is 1. The van der Waals surface area contributed by atoms with Gasteiger partial charge >= 0.3 is 0 Å². The minimum Gasteiger partial charge on any atom is -0.273 e. The van der Waals surface area contributed by atoms with E-state index in [-0.39, 0.29) is 11.6 Å². The van der Waals surface area contributed by atoms with Crippen LogP contribution in [0.5, 0.6) is 0 Å². The topological polar surface area (TPSA) is 88.2 Å². The van der Waals surface area contributed by atoms with Gasteiger partial charge in [-0.25, -0.2) is 0 Å². The maximum Gasteiger partial charge on any atom is 0.270 e. The molecule has 1 amide bonds. The number of amides is 1. The van der Waals surface area contributed by atoms with Crippen molar-refractivity contribution in [3.63, 3.8) is 0 Å². The molecule has 7 nitrogen and oxygen atoms in total. The van der Waals surface area contributed by atoms with Gasteiger partial charge in [0.1, 0.15) is 0 Å². The van der Waals surface area contributed by atoms with Crippen LogP contribution in [-0.4, -0.2) is 28.0 Å². The maximum atomic E-state index is 12.0. The summed E-state index contributed by atoms with van der Waals surface area (Å²) in [5.74, 6) is 0.246. The zero-order valence-corrected chi connectivity index (χ0v) is 13.2. The van der Waals surface area contributed by atoms with Crippen LogP contribution in [0.3, 0.4) is 0 Å². The molecule has 0 bridgehead atoms. The van der Waals surface area contributed by atoms with Crippen molar-refractivity contribution < 1.29 is 9.72 Å². The van der Waals surface area contributed by atoms with E-state index in [4.69, 9.17) is 0 Å². The number of benzene rings is 2. The number of hydrogen-bond donors (Lipinski definition) is 0. The van der Waals surface area contributed by atoms with Crippen molar-refractivity contribution in [3.8, 4) is 0 Å². The molecule has 1 aliphatic rings. The first-order chi connectivity index (χ1) is 11.6. The maximum absolute atomic E-state index is 12.0. The van der Waals surface area contributed by atoms with Crippen LogP contribution in [0.2, 0.25) is 0 Å². The Labute approximate surface area is 141 Å². The Morgan fingerprint density at radius 1 is 1.17 bits per heavy atom. The fourth-order valence-electron chi connectivity index (χ4n) is 2.13. The second-order valence-electron chi connectivity index (χ2n) is 4.83. The van der Waals surface area contributed by atoms with Crippen molar-refractivity contribution in [2.75, 3.05) is 10.7 Å². The van der Waals surface area contributed by atoms with Gasteiger partial charge in [-0.2, -0.15) is 5.10 Å². The standard InChI is InChI=1S/C16H12N4O3S/c21-15-11-24-16(19(15)13-6-2-1-3-7-13)18-17-10-12-5-4-8-14(9-12)20(22)23/h1-10H,11H2/b17-10-,18-16+. The van der Waals surface area contributed by atoms with Gasteiger partial charge in [0.15, 0.2) is 5.17 Å². The summed E-state index contributed by atoms with van der Waals surface area (Å²) in [6, 6.07) is 15.3. The van der Waals surface area contributed by atoms with E-state index in [0.29, 0.717) is 16.5 Å². The Kier molecular flexibility index (Phi) is 4.66. The number of anilines is 1. The van der Waals surface area contributed by atoms with Crippen LogP contribution in [0.25, 0.3) is 0 Å². The molecule has 0 atom stereocenters. The molecule has 2 aromatic carbocycles. The average Bonchev–Trinajstić information content (AvgIpc) is 2.96. The lowest BCUT2D eigenvalue weighted by molar-refractivity contribution is -0.384. The highest BCUT2D eigenvalue weighted by molar-refractivity contribution is 8.15. The van der Waals surface area contributed by atoms with E-state index in [1.165, 1.54) is 35.0 Å². The minimum absolute atomic E-state index is 0.0112. The van der Waals surface area contributed by atoms with Crippen LogP contribution >= 0.6 is 11.8 Å². The number of carbonyl (C=O) groups excluding carboxylic acids is 1. The molecule has 3 rings (SSSR count). The highest BCUT2D eigenvalue weighted by Gasteiger charge is 2.29. The highest BCUT2D eigenvalue weighted by atomic mass is 32.2. The zero-order valence-electron chi connectivity index (χ0n) is 12.4. The van der Waals surface area contributed by atoms with Crippen LogP contribution < -0.4 is 4.90 Å². The summed E-state index contributed by atoms with van der Waals surface area (Å²) in [5, 5.41) is 19.3. The summed E-state index contributed by atoms with van der Waals surface area (Å²) in [6.07, 6.45) is 1.42. The number of carbonyl (C=O) groups is 1. The number of nitrogens with zero attached hydrogens (tertiary/aromatic N) is 4. The summed E-state index contributed by atoms with van der Waals surface area (Å²) in [6.45, 7) is 0. The number of nitro groups is 1. The highest BCUT2D eigenvalue weighted by Crippen LogP contribution is 2.26. The molecular formula is C16H12N4O3S. The van der Waals surface area contributed by atoms with Crippen molar-refractivity contribution in [1.82, 2.24) is 0 Å². The zero-order chi connectivity index (χ0) is 16.9. The monoisotopic (exact) mass is 340 g/mol. The van der Waals surface area contributed by atoms with Crippen LogP contribution in [0.1, 0.15) is 5.56 Å². The number of rotatable bonds is 4. The van der Waals surface area contributed by atoms with E-state index >= 15 is 0 Å². The van der Waals surface area contributed by atoms with Gasteiger partial charge < -0.3 is 0 Å². The molecule has 0 unspecified atom stereocenters. The summed E-state index contributed by atoms with van der Waals surface area (Å²) >= 11 is 1.30. The predicted molar refractivity (Wildman–Crippen MR) is 94.5 cm³/mol. The van der Waals surface area contributed by atoms with Gasteiger partial charge in [-0.15, -0.1) is 5.10 Å². The third-order valence-corrected chi connectivity index (χ3v) is 4.12. The third-order valence-electron chi connectivity index (χ3n) is 3.21. The molecule has 1 saturated heterocycles. The molecular weight excluding hydrogens is 328 g/mol. The molecule has 0 saturated carbocycles. The van der Waals surface area contributed by atoms with E-state index in [0.717, 1.165) is 5.69 Å². The van der Waals surface area contributed by atoms with Gasteiger partial charge in [0.05, 0.1) is 22.6 Å². The van der Waals surface area contributed by atoms with Gasteiger partial charge in [-0.1, -0.05) is 42.1 Å². The van der Waals surface area contributed by atoms with Crippen molar-refractivity contribution in [2.45, 2.75) is 0 Å². The average molecular weight is 340 g/mol. The lowest BCUT2D eigenvalue weighted by Gasteiger charge is -2.14. The second kappa shape index (κ2) is 7.05. The summed E-state index contributed by atoms with van der Waals surface area (Å²) in [7, 11) is 0. The van der Waals surface area contributed by atoms with Gasteiger partial charge in [0.25, 0.3) is 5.69 Å². The Balaban J connectivity index is 1.81. The Bertz CT molecular complexity index is 836. The smallest absolute Gasteiger partial charge is 0.270 e. The number of thioether (sulfide) groups is 1. The molecule has 0 radical (unpaired) electrons. The third kappa shape index (κ3) is 3.49. The van der Waals surface area contributed by atoms with Crippen molar-refractivity contribution in [1.29, 1.82) is 0 Å². The largest absolute Gasteiger partial charge is 0.273 e. The number of para-hydroxylation sites is 1. The number of hydrogen-bond acceptors (Lipinski definition) is 6. The fraction of sp³-hybridized carbons (Fsp3) is 0.0625. The summed E-state index contributed by atoms with van der Waals surface area (Å²) in [4.78, 5) is 23.8. The van der Waals surface area contributed by atoms with E-state index in [9.17, 15) is 14.9 Å². The van der Waals surface area contributed by atoms with Crippen LogP contribution in [-0.2, 0) is 4.79 Å². The minimum atomic E-state index is -0.466. The lowest BCUT2D eigenvalue weighted by atomic mass is 10.2. The van der Waals surface area contributed by atoms with E-state index in [1.807, 2.05) is 30.3 Å². The fourth-order valence-corrected chi connectivity index (χ4v) is 2.95. The first kappa shape index (κ1) is 15.9. The van der Waals surface area contributed by atoms with Gasteiger partial charge in [0, 0.05) is 17.7 Å². The van der Waals surface area contributed by atoms with Crippen LogP contribution in [0.4, 0.5) is 11.4 Å². The molecule has 1 heterocycles. The molecule has 1 aliphatic heterocycles. The first-order valence-corrected chi connectivity index (χ1v) is 8.00. The van der Waals surface area contributed by atoms with Crippen LogP contribution in [0, 0.1) is 10.1 Å². The van der Waals surface area contributed by atoms with Crippen LogP contribution in [0.15, 0.2) is 64.8 Å². The van der Waals surface area contributed by atoms with Crippen molar-refractivity contribution in [2.24, 2.45) is 10.2 Å². The Hall–Kier alpha value is -3.00. The normalized spacial score (nSPS) is 16.2. The molecule has 0 N–H and O–H groups in total. The molecule has 120 valence electrons. The SMILES string of the molecule is O=C1CS/C(=N/N=C\c2cccc([N+](=O)[O-])c2)N1c1ccccc1. The van der Waals surface area contributed by atoms with Gasteiger partial charge in [-0.3, -0.25) is 19.8 Å². The lowest BCUT2D eigenvalue weighted by Crippen LogP contribution is -2.28. The van der Waals surface area contributed by atoms with Crippen molar-refractivity contribution >= 4 is 40.4 Å². The molecule has 0 aliphatic carbocycles. The van der Waals surface area contributed by atoms with Crippen molar-refractivity contribution in [3.05, 3.63) is 70.3 Å². The molecule has 0 aromatic heterocycles. The number of nitro benzene ring substituents is 1. The first-order valence-electron chi connectivity index (χ1n) is 7.01. The molecule has 0 spiro atoms. The molecule has 8 heteroatoms. The second-order valence-corrected chi connectivity index (χ2v) is 5.78. The molecule has 1 fully saturated rings. The predicted octanol–water partition coefficient (Wildman–Crippen LogP) is 3.06. The summed E-state index contributed by atoms with van der Waals surface area (Å²) < 4.78 is 0. The van der Waals surface area contributed by atoms with Gasteiger partial charge in [-0.05, 0) is 12.1 Å². The Morgan fingerprint density at radius 3 is 2.71 bits per heavy atom. The van der Waals surface area contributed by atoms with Gasteiger partial charge in [0.2, 0.25) is 5.91 Å². The summed E-state index contributed by atoms with van der Waals surface area (Å²) in [5.41, 5.74) is 1.29. The molecule has 2 aromatic rings. The van der Waals surface area contributed by atoms with E-state index < -0.39 is 4.92 Å². The Morgan fingerprint density at radius 2 is 1.96 bits per heavy atom.